The fourth-order valence-electron chi connectivity index (χ4n) is 3.04. The molecular formula is C15H22N2O4. The molecule has 0 saturated carbocycles. The van der Waals surface area contributed by atoms with Gasteiger partial charge in [-0.1, -0.05) is 19.0 Å². The number of hydrogen-bond donors (Lipinski definition) is 0. The van der Waals surface area contributed by atoms with Crippen LogP contribution in [0.15, 0.2) is 10.6 Å². The minimum atomic E-state index is -0.0944. The second kappa shape index (κ2) is 5.77. The molecule has 2 saturated heterocycles. The Bertz CT molecular complexity index is 514. The third-order valence-electron chi connectivity index (χ3n) is 4.10. The quantitative estimate of drug-likeness (QED) is 0.842. The van der Waals surface area contributed by atoms with Gasteiger partial charge in [0.15, 0.2) is 5.69 Å². The highest BCUT2D eigenvalue weighted by atomic mass is 16.5. The Kier molecular flexibility index (Phi) is 3.99. The standard InChI is InChI=1S/C15H22N2O4/c1-9(2)6-20-14-5-17(13-8-19-7-11(13)14)15(18)12-4-10(3)21-16-12/h4,9,11,13-14H,5-8H2,1-3H3/t11-,13+,14-/m1/s1. The first-order chi connectivity index (χ1) is 10.1. The van der Waals surface area contributed by atoms with Crippen LogP contribution < -0.4 is 0 Å². The van der Waals surface area contributed by atoms with Gasteiger partial charge in [0.1, 0.15) is 5.76 Å². The predicted octanol–water partition coefficient (Wildman–Crippen LogP) is 1.50. The molecule has 2 aliphatic heterocycles. The van der Waals surface area contributed by atoms with E-state index in [1.165, 1.54) is 0 Å². The van der Waals surface area contributed by atoms with E-state index in [1.54, 1.807) is 13.0 Å². The van der Waals surface area contributed by atoms with Crippen LogP contribution in [0.25, 0.3) is 0 Å². The van der Waals surface area contributed by atoms with E-state index in [1.807, 2.05) is 4.90 Å². The Labute approximate surface area is 124 Å². The van der Waals surface area contributed by atoms with E-state index in [9.17, 15) is 4.79 Å². The number of carbonyl (C=O) groups excluding carboxylic acids is 1. The maximum Gasteiger partial charge on any atom is 0.276 e. The molecule has 0 aliphatic carbocycles. The van der Waals surface area contributed by atoms with Crippen molar-refractivity contribution in [2.45, 2.75) is 32.9 Å². The van der Waals surface area contributed by atoms with Crippen LogP contribution >= 0.6 is 0 Å². The molecule has 6 nitrogen and oxygen atoms in total. The summed E-state index contributed by atoms with van der Waals surface area (Å²) in [5.74, 6) is 1.29. The zero-order valence-corrected chi connectivity index (χ0v) is 12.7. The Morgan fingerprint density at radius 2 is 2.33 bits per heavy atom. The number of rotatable bonds is 4. The molecule has 3 atom stereocenters. The molecular weight excluding hydrogens is 272 g/mol. The molecule has 21 heavy (non-hydrogen) atoms. The lowest BCUT2D eigenvalue weighted by Crippen LogP contribution is -2.38. The largest absolute Gasteiger partial charge is 0.379 e. The summed E-state index contributed by atoms with van der Waals surface area (Å²) in [7, 11) is 0. The van der Waals surface area contributed by atoms with Crippen LogP contribution in [0.3, 0.4) is 0 Å². The zero-order valence-electron chi connectivity index (χ0n) is 12.7. The molecule has 0 N–H and O–H groups in total. The lowest BCUT2D eigenvalue weighted by molar-refractivity contribution is 0.00685. The molecule has 2 fully saturated rings. The molecule has 3 rings (SSSR count). The molecule has 2 aliphatic rings. The molecule has 0 spiro atoms. The highest BCUT2D eigenvalue weighted by Crippen LogP contribution is 2.33. The molecule has 1 aromatic rings. The highest BCUT2D eigenvalue weighted by Gasteiger charge is 2.48. The second-order valence-electron chi connectivity index (χ2n) is 6.31. The Balaban J connectivity index is 1.72. The van der Waals surface area contributed by atoms with Gasteiger partial charge in [0.25, 0.3) is 5.91 Å². The van der Waals surface area contributed by atoms with Gasteiger partial charge in [0, 0.05) is 25.1 Å². The topological polar surface area (TPSA) is 64.8 Å². The minimum Gasteiger partial charge on any atom is -0.379 e. The van der Waals surface area contributed by atoms with Crippen molar-refractivity contribution in [1.82, 2.24) is 10.1 Å². The molecule has 1 amide bonds. The van der Waals surface area contributed by atoms with E-state index in [4.69, 9.17) is 14.0 Å². The molecule has 0 unspecified atom stereocenters. The summed E-state index contributed by atoms with van der Waals surface area (Å²) in [5, 5.41) is 3.83. The maximum atomic E-state index is 12.6. The number of carbonyl (C=O) groups is 1. The number of hydrogen-bond acceptors (Lipinski definition) is 5. The molecule has 1 aromatic heterocycles. The van der Waals surface area contributed by atoms with Crippen molar-refractivity contribution in [1.29, 1.82) is 0 Å². The number of fused-ring (bicyclic) bond motifs is 1. The molecule has 0 aromatic carbocycles. The summed E-state index contributed by atoms with van der Waals surface area (Å²) in [6.45, 7) is 8.58. The van der Waals surface area contributed by atoms with E-state index >= 15 is 0 Å². The summed E-state index contributed by atoms with van der Waals surface area (Å²) in [6, 6.07) is 1.77. The number of likely N-dealkylation sites (tertiary alicyclic amines) is 1. The highest BCUT2D eigenvalue weighted by molar-refractivity contribution is 5.92. The lowest BCUT2D eigenvalue weighted by atomic mass is 10.0. The van der Waals surface area contributed by atoms with Crippen LogP contribution in [0.4, 0.5) is 0 Å². The average molecular weight is 294 g/mol. The maximum absolute atomic E-state index is 12.6. The fourth-order valence-corrected chi connectivity index (χ4v) is 3.04. The normalized spacial score (nSPS) is 28.4. The van der Waals surface area contributed by atoms with Crippen molar-refractivity contribution < 1.29 is 18.8 Å². The summed E-state index contributed by atoms with van der Waals surface area (Å²) < 4.78 is 16.5. The molecule has 3 heterocycles. The molecule has 0 bridgehead atoms. The van der Waals surface area contributed by atoms with Gasteiger partial charge in [-0.2, -0.15) is 0 Å². The summed E-state index contributed by atoms with van der Waals surface area (Å²) >= 11 is 0. The van der Waals surface area contributed by atoms with Crippen LogP contribution in [0.2, 0.25) is 0 Å². The van der Waals surface area contributed by atoms with Gasteiger partial charge in [-0.05, 0) is 12.8 Å². The summed E-state index contributed by atoms with van der Waals surface area (Å²) in [6.07, 6.45) is 0.0526. The van der Waals surface area contributed by atoms with E-state index in [0.29, 0.717) is 43.7 Å². The third kappa shape index (κ3) is 2.82. The van der Waals surface area contributed by atoms with Crippen LogP contribution in [0.5, 0.6) is 0 Å². The van der Waals surface area contributed by atoms with E-state index < -0.39 is 0 Å². The number of amides is 1. The lowest BCUT2D eigenvalue weighted by Gasteiger charge is -2.21. The van der Waals surface area contributed by atoms with Gasteiger partial charge in [0.2, 0.25) is 0 Å². The SMILES string of the molecule is Cc1cc(C(=O)N2C[C@@H](OCC(C)C)[C@@H]3COC[C@@H]32)no1. The van der Waals surface area contributed by atoms with Crippen molar-refractivity contribution in [3.63, 3.8) is 0 Å². The smallest absolute Gasteiger partial charge is 0.276 e. The van der Waals surface area contributed by atoms with Gasteiger partial charge >= 0.3 is 0 Å². The second-order valence-corrected chi connectivity index (χ2v) is 6.31. The molecule has 0 radical (unpaired) electrons. The van der Waals surface area contributed by atoms with Crippen molar-refractivity contribution in [2.24, 2.45) is 11.8 Å². The first-order valence-electron chi connectivity index (χ1n) is 7.50. The van der Waals surface area contributed by atoms with E-state index in [-0.39, 0.29) is 24.0 Å². The third-order valence-corrected chi connectivity index (χ3v) is 4.10. The first-order valence-corrected chi connectivity index (χ1v) is 7.50. The van der Waals surface area contributed by atoms with Crippen LogP contribution in [-0.2, 0) is 9.47 Å². The summed E-state index contributed by atoms with van der Waals surface area (Å²) in [5.41, 5.74) is 0.364. The van der Waals surface area contributed by atoms with Crippen LogP contribution in [-0.4, -0.2) is 54.5 Å². The van der Waals surface area contributed by atoms with Crippen LogP contribution in [0.1, 0.15) is 30.1 Å². The fraction of sp³-hybridized carbons (Fsp3) is 0.733. The van der Waals surface area contributed by atoms with Gasteiger partial charge in [-0.15, -0.1) is 0 Å². The first kappa shape index (κ1) is 14.5. The van der Waals surface area contributed by atoms with Crippen molar-refractivity contribution in [3.05, 3.63) is 17.5 Å². The van der Waals surface area contributed by atoms with Crippen molar-refractivity contribution in [3.8, 4) is 0 Å². The summed E-state index contributed by atoms with van der Waals surface area (Å²) in [4.78, 5) is 14.4. The number of aromatic nitrogens is 1. The Morgan fingerprint density at radius 1 is 1.52 bits per heavy atom. The van der Waals surface area contributed by atoms with Crippen molar-refractivity contribution >= 4 is 5.91 Å². The Morgan fingerprint density at radius 3 is 3.00 bits per heavy atom. The van der Waals surface area contributed by atoms with E-state index in [0.717, 1.165) is 0 Å². The molecule has 116 valence electrons. The van der Waals surface area contributed by atoms with Crippen LogP contribution in [0, 0.1) is 18.8 Å². The van der Waals surface area contributed by atoms with Gasteiger partial charge in [-0.3, -0.25) is 4.79 Å². The van der Waals surface area contributed by atoms with Gasteiger partial charge < -0.3 is 18.9 Å². The average Bonchev–Trinajstić information content (AvgIpc) is 3.11. The monoisotopic (exact) mass is 294 g/mol. The number of nitrogens with zero attached hydrogens (tertiary/aromatic N) is 2. The number of aryl methyl sites for hydroxylation is 1. The van der Waals surface area contributed by atoms with Crippen molar-refractivity contribution in [2.75, 3.05) is 26.4 Å². The van der Waals surface area contributed by atoms with E-state index in [2.05, 4.69) is 19.0 Å². The predicted molar refractivity (Wildman–Crippen MR) is 75.0 cm³/mol. The van der Waals surface area contributed by atoms with Gasteiger partial charge in [0.05, 0.1) is 25.4 Å². The minimum absolute atomic E-state index is 0.0526. The Hall–Kier alpha value is -1.40. The number of ether oxygens (including phenoxy) is 2. The zero-order chi connectivity index (χ0) is 15.0. The van der Waals surface area contributed by atoms with Gasteiger partial charge in [-0.25, -0.2) is 0 Å². The molecule has 6 heteroatoms.